The van der Waals surface area contributed by atoms with Crippen LogP contribution in [0, 0.1) is 0 Å². The molecule has 2 N–H and O–H groups in total. The first-order chi connectivity index (χ1) is 36.2. The molecule has 12 heteroatoms. The van der Waals surface area contributed by atoms with Crippen molar-refractivity contribution in [3.63, 3.8) is 0 Å². The van der Waals surface area contributed by atoms with E-state index < -0.39 is 57.8 Å². The van der Waals surface area contributed by atoms with Crippen molar-refractivity contribution in [3.8, 4) is 0 Å². The lowest BCUT2D eigenvalue weighted by Gasteiger charge is -2.21. The van der Waals surface area contributed by atoms with Gasteiger partial charge in [0, 0.05) is 19.3 Å². The fourth-order valence-electron chi connectivity index (χ4n) is 8.60. The van der Waals surface area contributed by atoms with Gasteiger partial charge in [0.2, 0.25) is 0 Å². The number of unbranched alkanes of at least 4 members (excludes halogenated alkanes) is 32. The van der Waals surface area contributed by atoms with E-state index in [4.69, 9.17) is 23.3 Å². The summed E-state index contributed by atoms with van der Waals surface area (Å²) >= 11 is 0. The number of phosphoric ester groups is 1. The zero-order chi connectivity index (χ0) is 54.1. The van der Waals surface area contributed by atoms with Crippen LogP contribution in [-0.2, 0) is 42.2 Å². The van der Waals surface area contributed by atoms with E-state index in [9.17, 15) is 28.9 Å². The highest BCUT2D eigenvalue weighted by atomic mass is 31.2. The third kappa shape index (κ3) is 54.2. The van der Waals surface area contributed by atoms with Crippen LogP contribution in [0.15, 0.2) is 48.6 Å². The minimum Gasteiger partial charge on any atom is -0.462 e. The largest absolute Gasteiger partial charge is 0.472 e. The number of hydrogen-bond acceptors (Lipinski definition) is 10. The van der Waals surface area contributed by atoms with Crippen LogP contribution in [0.5, 0.6) is 0 Å². The second-order valence-electron chi connectivity index (χ2n) is 20.5. The first-order valence-electron chi connectivity index (χ1n) is 30.5. The lowest BCUT2D eigenvalue weighted by molar-refractivity contribution is -0.161. The Bertz CT molecular complexity index is 1430. The second kappa shape index (κ2) is 56.6. The summed E-state index contributed by atoms with van der Waals surface area (Å²) in [5.74, 6) is -1.48. The van der Waals surface area contributed by atoms with E-state index in [2.05, 4.69) is 69.4 Å². The lowest BCUT2D eigenvalue weighted by Crippen LogP contribution is -2.30. The van der Waals surface area contributed by atoms with E-state index in [0.29, 0.717) is 19.3 Å². The van der Waals surface area contributed by atoms with Crippen LogP contribution in [0.4, 0.5) is 0 Å². The molecule has 432 valence electrons. The van der Waals surface area contributed by atoms with Crippen LogP contribution in [0.2, 0.25) is 0 Å². The summed E-state index contributed by atoms with van der Waals surface area (Å²) in [6, 6.07) is 0. The minimum atomic E-state index is -4.75. The topological polar surface area (TPSA) is 155 Å². The predicted octanol–water partition coefficient (Wildman–Crippen LogP) is 18.1. The van der Waals surface area contributed by atoms with E-state index in [-0.39, 0.29) is 25.9 Å². The molecule has 0 saturated carbocycles. The Labute approximate surface area is 453 Å². The summed E-state index contributed by atoms with van der Waals surface area (Å²) < 4.78 is 39.6. The van der Waals surface area contributed by atoms with E-state index in [1.807, 2.05) is 0 Å². The Balaban J connectivity index is 4.70. The van der Waals surface area contributed by atoms with Gasteiger partial charge in [-0.1, -0.05) is 243 Å². The van der Waals surface area contributed by atoms with Gasteiger partial charge in [0.15, 0.2) is 6.10 Å². The molecule has 0 saturated heterocycles. The Morgan fingerprint density at radius 3 is 1.11 bits per heavy atom. The Hall–Kier alpha value is -2.56. The van der Waals surface area contributed by atoms with Crippen molar-refractivity contribution in [1.82, 2.24) is 0 Å². The molecule has 0 spiro atoms. The van der Waals surface area contributed by atoms with Gasteiger partial charge in [0.1, 0.15) is 12.7 Å². The summed E-state index contributed by atoms with van der Waals surface area (Å²) in [4.78, 5) is 48.6. The first-order valence-corrected chi connectivity index (χ1v) is 32.0. The van der Waals surface area contributed by atoms with Crippen LogP contribution in [0.3, 0.4) is 0 Å². The van der Waals surface area contributed by atoms with Crippen molar-refractivity contribution in [2.45, 2.75) is 303 Å². The highest BCUT2D eigenvalue weighted by Gasteiger charge is 2.28. The molecule has 0 heterocycles. The van der Waals surface area contributed by atoms with Crippen molar-refractivity contribution in [2.75, 3.05) is 26.4 Å². The first kappa shape index (κ1) is 71.4. The number of ether oxygens (including phenoxy) is 3. The van der Waals surface area contributed by atoms with Gasteiger partial charge in [0.25, 0.3) is 0 Å². The molecule has 0 amide bonds. The van der Waals surface area contributed by atoms with Crippen molar-refractivity contribution < 1.29 is 52.2 Å². The molecule has 0 bridgehead atoms. The zero-order valence-electron chi connectivity index (χ0n) is 47.8. The number of aliphatic hydroxyl groups is 1. The summed E-state index contributed by atoms with van der Waals surface area (Å²) in [7, 11) is -4.75. The molecule has 0 radical (unpaired) electrons. The molecule has 3 unspecified atom stereocenters. The maximum Gasteiger partial charge on any atom is 0.472 e. The third-order valence-electron chi connectivity index (χ3n) is 13.2. The number of carbonyl (C=O) groups excluding carboxylic acids is 3. The van der Waals surface area contributed by atoms with Crippen molar-refractivity contribution >= 4 is 25.7 Å². The van der Waals surface area contributed by atoms with Gasteiger partial charge in [0.05, 0.1) is 19.8 Å². The van der Waals surface area contributed by atoms with Crippen molar-refractivity contribution in [1.29, 1.82) is 0 Å². The van der Waals surface area contributed by atoms with Crippen molar-refractivity contribution in [2.24, 2.45) is 0 Å². The molecule has 0 fully saturated rings. The molecule has 0 aromatic carbocycles. The molecule has 0 aliphatic heterocycles. The lowest BCUT2D eigenvalue weighted by atomic mass is 10.0. The molecular formula is C62H113O11P. The predicted molar refractivity (Wildman–Crippen MR) is 307 cm³/mol. The summed E-state index contributed by atoms with van der Waals surface area (Å²) in [5.41, 5.74) is 0. The van der Waals surface area contributed by atoms with E-state index >= 15 is 0 Å². The fraction of sp³-hybridized carbons (Fsp3) is 0.823. The normalized spacial score (nSPS) is 13.6. The smallest absolute Gasteiger partial charge is 0.462 e. The number of rotatable bonds is 57. The van der Waals surface area contributed by atoms with E-state index in [1.165, 1.54) is 154 Å². The van der Waals surface area contributed by atoms with Crippen molar-refractivity contribution in [3.05, 3.63) is 48.6 Å². The third-order valence-corrected chi connectivity index (χ3v) is 14.2. The SMILES string of the molecule is CC/C=C\C/C=C\C/C=C\CCCCCC(=O)OC(CO)COP(=O)(O)OCC(COC(=O)CCCCCCCCCCCCCCCCC)OC(=O)CCCCCCCCCCC/C=C\CCCCCCCC. The quantitative estimate of drug-likeness (QED) is 0.0197. The molecule has 3 atom stereocenters. The van der Waals surface area contributed by atoms with Crippen LogP contribution in [0.1, 0.15) is 290 Å². The maximum atomic E-state index is 12.9. The summed E-state index contributed by atoms with van der Waals surface area (Å²) in [6.07, 6.45) is 60.7. The van der Waals surface area contributed by atoms with Crippen LogP contribution in [-0.4, -0.2) is 66.5 Å². The van der Waals surface area contributed by atoms with E-state index in [0.717, 1.165) is 77.0 Å². The molecule has 0 aromatic heterocycles. The van der Waals surface area contributed by atoms with Crippen LogP contribution < -0.4 is 0 Å². The molecule has 0 aliphatic rings. The second-order valence-corrected chi connectivity index (χ2v) is 21.9. The minimum absolute atomic E-state index is 0.143. The molecule has 0 aromatic rings. The van der Waals surface area contributed by atoms with E-state index in [1.54, 1.807) is 0 Å². The monoisotopic (exact) mass is 1060 g/mol. The standard InChI is InChI=1S/C62H113O11P/c1-4-7-10-13-16-19-22-25-27-28-29-30-32-35-38-41-44-47-50-53-62(66)73-59(55-69-60(64)51-48-45-42-39-36-34-31-26-23-20-17-14-11-8-5-2)57-71-74(67,68)70-56-58(54-63)72-61(65)52-49-46-43-40-37-33-24-21-18-15-12-9-6-3/h9,12,18,21,25,27,33,37,58-59,63H,4-8,10-11,13-17,19-20,22-24,26,28-32,34-36,38-57H2,1-3H3,(H,67,68)/b12-9-,21-18-,27-25-,37-33-. The van der Waals surface area contributed by atoms with Gasteiger partial charge in [-0.3, -0.25) is 23.4 Å². The maximum absolute atomic E-state index is 12.9. The number of carbonyl (C=O) groups is 3. The molecule has 0 rings (SSSR count). The number of hydrogen-bond donors (Lipinski definition) is 2. The van der Waals surface area contributed by atoms with Gasteiger partial charge >= 0.3 is 25.7 Å². The Morgan fingerprint density at radius 1 is 0.392 bits per heavy atom. The molecule has 11 nitrogen and oxygen atoms in total. The highest BCUT2D eigenvalue weighted by molar-refractivity contribution is 7.47. The fourth-order valence-corrected chi connectivity index (χ4v) is 9.39. The van der Waals surface area contributed by atoms with Gasteiger partial charge in [-0.05, 0) is 77.0 Å². The molecular weight excluding hydrogens is 952 g/mol. The Morgan fingerprint density at radius 2 is 0.703 bits per heavy atom. The average molecular weight is 1070 g/mol. The zero-order valence-corrected chi connectivity index (χ0v) is 48.7. The molecule has 0 aliphatic carbocycles. The number of aliphatic hydroxyl groups excluding tert-OH is 1. The number of esters is 3. The summed E-state index contributed by atoms with van der Waals surface area (Å²) in [6.45, 7) is 4.54. The number of phosphoric acid groups is 1. The van der Waals surface area contributed by atoms with Crippen LogP contribution in [0.25, 0.3) is 0 Å². The van der Waals surface area contributed by atoms with Gasteiger partial charge in [-0.15, -0.1) is 0 Å². The molecule has 74 heavy (non-hydrogen) atoms. The average Bonchev–Trinajstić information content (AvgIpc) is 3.39. The van der Waals surface area contributed by atoms with Crippen LogP contribution >= 0.6 is 7.82 Å². The number of allylic oxidation sites excluding steroid dienone is 8. The summed E-state index contributed by atoms with van der Waals surface area (Å²) in [5, 5.41) is 9.81. The Kier molecular flexibility index (Phi) is 54.7. The highest BCUT2D eigenvalue weighted by Crippen LogP contribution is 2.43. The van der Waals surface area contributed by atoms with Gasteiger partial charge in [-0.25, -0.2) is 4.57 Å². The van der Waals surface area contributed by atoms with Gasteiger partial charge in [-0.2, -0.15) is 0 Å². The van der Waals surface area contributed by atoms with Gasteiger partial charge < -0.3 is 24.2 Å².